The minimum atomic E-state index is -3.90. The average Bonchev–Trinajstić information content (AvgIpc) is 2.95. The van der Waals surface area contributed by atoms with Crippen molar-refractivity contribution >= 4 is 32.3 Å². The number of hydrogen-bond acceptors (Lipinski definition) is 5. The second kappa shape index (κ2) is 6.51. The first-order valence-electron chi connectivity index (χ1n) is 8.40. The number of ether oxygens (including phenoxy) is 1. The minimum absolute atomic E-state index is 0.0384. The Morgan fingerprint density at radius 2 is 1.63 bits per heavy atom. The molecule has 0 heterocycles. The normalized spacial score (nSPS) is 14.7. The van der Waals surface area contributed by atoms with Gasteiger partial charge in [0, 0.05) is 16.5 Å². The molecule has 0 atom stereocenters. The Morgan fingerprint density at radius 3 is 2.30 bits per heavy atom. The lowest BCUT2D eigenvalue weighted by atomic mass is 10.1. The van der Waals surface area contributed by atoms with Crippen LogP contribution in [0.15, 0.2) is 70.7 Å². The van der Waals surface area contributed by atoms with E-state index in [0.29, 0.717) is 23.5 Å². The topological polar surface area (TPSA) is 84.8 Å². The van der Waals surface area contributed by atoms with Crippen LogP contribution in [0.1, 0.15) is 22.8 Å². The van der Waals surface area contributed by atoms with Gasteiger partial charge in [0.25, 0.3) is 10.0 Å². The molecule has 136 valence electrons. The van der Waals surface area contributed by atoms with Crippen LogP contribution in [0.3, 0.4) is 0 Å². The first-order chi connectivity index (χ1) is 13.0. The van der Waals surface area contributed by atoms with Crippen LogP contribution in [0.4, 0.5) is 0 Å². The van der Waals surface area contributed by atoms with E-state index >= 15 is 0 Å². The predicted molar refractivity (Wildman–Crippen MR) is 103 cm³/mol. The molecule has 0 aromatic heterocycles. The molecular weight excluding hydrogens is 364 g/mol. The standard InChI is InChI=1S/C20H16N2O4S/c1-2-26-14-9-11-15(12-10-14)27(24,25)22-21-19-16-7-3-5-13-6-4-8-17(18(13)16)20(19)23/h3-12,22H,2H2,1H3. The molecule has 4 rings (SSSR count). The summed E-state index contributed by atoms with van der Waals surface area (Å²) in [5.41, 5.74) is 1.25. The Morgan fingerprint density at radius 1 is 0.963 bits per heavy atom. The van der Waals surface area contributed by atoms with Gasteiger partial charge >= 0.3 is 0 Å². The Bertz CT molecular complexity index is 1180. The van der Waals surface area contributed by atoms with Crippen molar-refractivity contribution in [3.8, 4) is 5.75 Å². The highest BCUT2D eigenvalue weighted by atomic mass is 32.2. The number of hydrazone groups is 1. The van der Waals surface area contributed by atoms with Crippen molar-refractivity contribution in [2.24, 2.45) is 5.10 Å². The molecule has 27 heavy (non-hydrogen) atoms. The molecule has 0 bridgehead atoms. The number of rotatable bonds is 5. The van der Waals surface area contributed by atoms with Gasteiger partial charge in [0.15, 0.2) is 0 Å². The summed E-state index contributed by atoms with van der Waals surface area (Å²) in [5, 5.41) is 5.66. The lowest BCUT2D eigenvalue weighted by Gasteiger charge is -2.06. The van der Waals surface area contributed by atoms with E-state index in [0.717, 1.165) is 10.8 Å². The van der Waals surface area contributed by atoms with Crippen LogP contribution in [-0.2, 0) is 10.0 Å². The van der Waals surface area contributed by atoms with Gasteiger partial charge in [-0.1, -0.05) is 36.4 Å². The third-order valence-corrected chi connectivity index (χ3v) is 5.57. The summed E-state index contributed by atoms with van der Waals surface area (Å²) in [6, 6.07) is 16.9. The number of carbonyl (C=O) groups is 1. The van der Waals surface area contributed by atoms with Crippen LogP contribution in [0.25, 0.3) is 10.8 Å². The van der Waals surface area contributed by atoms with Gasteiger partial charge < -0.3 is 4.74 Å². The molecule has 0 saturated carbocycles. The Hall–Kier alpha value is -3.19. The maximum atomic E-state index is 12.7. The zero-order chi connectivity index (χ0) is 19.0. The Balaban J connectivity index is 1.67. The molecule has 3 aromatic carbocycles. The zero-order valence-electron chi connectivity index (χ0n) is 14.5. The zero-order valence-corrected chi connectivity index (χ0v) is 15.3. The summed E-state index contributed by atoms with van der Waals surface area (Å²) in [4.78, 5) is 14.9. The summed E-state index contributed by atoms with van der Waals surface area (Å²) in [6.45, 7) is 2.34. The third kappa shape index (κ3) is 2.96. The Labute approximate surface area is 156 Å². The summed E-state index contributed by atoms with van der Waals surface area (Å²) < 4.78 is 30.3. The maximum absolute atomic E-state index is 12.7. The molecule has 6 nitrogen and oxygen atoms in total. The van der Waals surface area contributed by atoms with E-state index in [1.165, 1.54) is 12.1 Å². The van der Waals surface area contributed by atoms with Crippen LogP contribution in [-0.4, -0.2) is 26.5 Å². The van der Waals surface area contributed by atoms with Gasteiger partial charge in [-0.05, 0) is 36.6 Å². The number of ketones is 1. The molecule has 3 aromatic rings. The second-order valence-electron chi connectivity index (χ2n) is 6.00. The number of nitrogens with zero attached hydrogens (tertiary/aromatic N) is 1. The highest BCUT2D eigenvalue weighted by Crippen LogP contribution is 2.31. The first-order valence-corrected chi connectivity index (χ1v) is 9.89. The van der Waals surface area contributed by atoms with E-state index in [1.807, 2.05) is 25.1 Å². The van der Waals surface area contributed by atoms with Crippen LogP contribution in [0.5, 0.6) is 5.75 Å². The molecule has 0 fully saturated rings. The SMILES string of the molecule is CCOc1ccc(S(=O)(=O)NN=C2C(=O)c3cccc4cccc2c34)cc1. The monoisotopic (exact) mass is 380 g/mol. The summed E-state index contributed by atoms with van der Waals surface area (Å²) >= 11 is 0. The molecule has 0 saturated heterocycles. The molecule has 1 aliphatic carbocycles. The van der Waals surface area contributed by atoms with Crippen molar-refractivity contribution in [2.45, 2.75) is 11.8 Å². The van der Waals surface area contributed by atoms with Gasteiger partial charge in [0.2, 0.25) is 5.78 Å². The number of Topliss-reactive ketones (excluding diaryl/α,β-unsaturated/α-hetero) is 1. The molecule has 0 radical (unpaired) electrons. The Kier molecular flexibility index (Phi) is 4.16. The molecule has 1 N–H and O–H groups in total. The second-order valence-corrected chi connectivity index (χ2v) is 7.66. The van der Waals surface area contributed by atoms with E-state index in [1.54, 1.807) is 30.3 Å². The van der Waals surface area contributed by atoms with Crippen LogP contribution >= 0.6 is 0 Å². The molecule has 0 unspecified atom stereocenters. The largest absolute Gasteiger partial charge is 0.494 e. The van der Waals surface area contributed by atoms with Gasteiger partial charge in [-0.15, -0.1) is 0 Å². The number of nitrogens with one attached hydrogen (secondary N) is 1. The highest BCUT2D eigenvalue weighted by Gasteiger charge is 2.29. The van der Waals surface area contributed by atoms with Crippen molar-refractivity contribution in [3.63, 3.8) is 0 Å². The molecular formula is C20H16N2O4S. The minimum Gasteiger partial charge on any atom is -0.494 e. The average molecular weight is 380 g/mol. The van der Waals surface area contributed by atoms with Crippen molar-refractivity contribution in [2.75, 3.05) is 6.61 Å². The molecule has 0 amide bonds. The number of carbonyl (C=O) groups excluding carboxylic acids is 1. The van der Waals surface area contributed by atoms with Crippen LogP contribution < -0.4 is 9.57 Å². The smallest absolute Gasteiger partial charge is 0.276 e. The van der Waals surface area contributed by atoms with E-state index in [-0.39, 0.29) is 16.4 Å². The molecule has 7 heteroatoms. The first kappa shape index (κ1) is 17.2. The van der Waals surface area contributed by atoms with Crippen molar-refractivity contribution in [3.05, 3.63) is 71.8 Å². The maximum Gasteiger partial charge on any atom is 0.276 e. The van der Waals surface area contributed by atoms with Crippen molar-refractivity contribution in [1.29, 1.82) is 0 Å². The van der Waals surface area contributed by atoms with Gasteiger partial charge in [0.1, 0.15) is 11.5 Å². The van der Waals surface area contributed by atoms with Gasteiger partial charge in [0.05, 0.1) is 11.5 Å². The van der Waals surface area contributed by atoms with Gasteiger partial charge in [-0.2, -0.15) is 18.4 Å². The quantitative estimate of drug-likeness (QED) is 0.689. The molecule has 0 spiro atoms. The predicted octanol–water partition coefficient (Wildman–Crippen LogP) is 3.12. The number of sulfonamides is 1. The van der Waals surface area contributed by atoms with Crippen LogP contribution in [0.2, 0.25) is 0 Å². The molecule has 0 aliphatic heterocycles. The number of benzene rings is 3. The van der Waals surface area contributed by atoms with E-state index < -0.39 is 10.0 Å². The van der Waals surface area contributed by atoms with E-state index in [4.69, 9.17) is 4.74 Å². The van der Waals surface area contributed by atoms with E-state index in [2.05, 4.69) is 9.93 Å². The van der Waals surface area contributed by atoms with Gasteiger partial charge in [-0.25, -0.2) is 0 Å². The fourth-order valence-electron chi connectivity index (χ4n) is 3.13. The molecule has 1 aliphatic rings. The lowest BCUT2D eigenvalue weighted by molar-refractivity contribution is 0.107. The van der Waals surface area contributed by atoms with Gasteiger partial charge in [-0.3, -0.25) is 4.79 Å². The van der Waals surface area contributed by atoms with Crippen LogP contribution in [0, 0.1) is 0 Å². The van der Waals surface area contributed by atoms with E-state index in [9.17, 15) is 13.2 Å². The lowest BCUT2D eigenvalue weighted by Crippen LogP contribution is -2.22. The van der Waals surface area contributed by atoms with Crippen molar-refractivity contribution in [1.82, 2.24) is 4.83 Å². The highest BCUT2D eigenvalue weighted by molar-refractivity contribution is 7.89. The summed E-state index contributed by atoms with van der Waals surface area (Å²) in [5.74, 6) is 0.284. The fourth-order valence-corrected chi connectivity index (χ4v) is 3.94. The number of hydrogen-bond donors (Lipinski definition) is 1. The van der Waals surface area contributed by atoms with Crippen molar-refractivity contribution < 1.29 is 17.9 Å². The third-order valence-electron chi connectivity index (χ3n) is 4.34. The fraction of sp³-hybridized carbons (Fsp3) is 0.100. The summed E-state index contributed by atoms with van der Waals surface area (Å²) in [7, 11) is -3.90. The summed E-state index contributed by atoms with van der Waals surface area (Å²) in [6.07, 6.45) is 0.